The topological polar surface area (TPSA) is 146 Å². The molecule has 0 bridgehead atoms. The van der Waals surface area contributed by atoms with E-state index in [-0.39, 0.29) is 37.4 Å². The number of aliphatic hydroxyl groups excluding tert-OH is 1. The fourth-order valence-electron chi connectivity index (χ4n) is 5.53. The molecule has 0 spiro atoms. The number of aromatic nitrogens is 2. The Balaban J connectivity index is 1.45. The fraction of sp³-hybridized carbons (Fsp3) is 0.447. The lowest BCUT2D eigenvalue weighted by Crippen LogP contribution is -2.55. The van der Waals surface area contributed by atoms with Crippen LogP contribution in [0.25, 0.3) is 0 Å². The number of carbonyl (C=O) groups is 3. The molecule has 0 unspecified atom stereocenters. The van der Waals surface area contributed by atoms with Gasteiger partial charge in [-0.3, -0.25) is 14.6 Å². The van der Waals surface area contributed by atoms with Gasteiger partial charge in [-0.1, -0.05) is 88.4 Å². The van der Waals surface area contributed by atoms with Gasteiger partial charge in [0.05, 0.1) is 40.3 Å². The molecule has 0 radical (unpaired) electrons. The number of nitrogens with zero attached hydrogens (tertiary/aromatic N) is 3. The lowest BCUT2D eigenvalue weighted by Gasteiger charge is -2.31. The van der Waals surface area contributed by atoms with Crippen LogP contribution in [0.1, 0.15) is 66.7 Å². The maximum absolute atomic E-state index is 13.9. The Kier molecular flexibility index (Phi) is 15.5. The molecule has 0 saturated heterocycles. The molecule has 13 heteroatoms. The Hall–Kier alpha value is -4.17. The first-order valence-corrected chi connectivity index (χ1v) is 19.0. The van der Waals surface area contributed by atoms with Gasteiger partial charge in [-0.05, 0) is 36.3 Å². The van der Waals surface area contributed by atoms with Crippen LogP contribution in [-0.4, -0.2) is 75.7 Å². The molecule has 274 valence electrons. The number of amides is 3. The average molecular weight is 735 g/mol. The third kappa shape index (κ3) is 13.1. The van der Waals surface area contributed by atoms with E-state index in [1.165, 1.54) is 16.2 Å². The van der Waals surface area contributed by atoms with E-state index in [0.717, 1.165) is 26.7 Å². The largest absolute Gasteiger partial charge is 0.459 e. The lowest BCUT2D eigenvalue weighted by molar-refractivity contribution is -0.144. The summed E-state index contributed by atoms with van der Waals surface area (Å²) in [4.78, 5) is 50.8. The summed E-state index contributed by atoms with van der Waals surface area (Å²) in [6, 6.07) is 17.3. The molecule has 0 aliphatic heterocycles. The highest BCUT2D eigenvalue weighted by Gasteiger charge is 2.30. The van der Waals surface area contributed by atoms with Crippen LogP contribution < -0.4 is 16.0 Å². The van der Waals surface area contributed by atoms with Gasteiger partial charge in [0.15, 0.2) is 0 Å². The zero-order valence-corrected chi connectivity index (χ0v) is 31.6. The minimum Gasteiger partial charge on any atom is -0.459 e. The minimum absolute atomic E-state index is 0.0995. The van der Waals surface area contributed by atoms with Crippen molar-refractivity contribution in [2.24, 2.45) is 5.92 Å². The van der Waals surface area contributed by atoms with Crippen LogP contribution >= 0.6 is 22.7 Å². The maximum atomic E-state index is 13.9. The molecule has 0 aliphatic rings. The second-order valence-corrected chi connectivity index (χ2v) is 15.2. The Morgan fingerprint density at radius 1 is 0.922 bits per heavy atom. The lowest BCUT2D eigenvalue weighted by atomic mass is 9.93. The highest BCUT2D eigenvalue weighted by atomic mass is 32.1. The van der Waals surface area contributed by atoms with Crippen LogP contribution in [-0.2, 0) is 40.3 Å². The SMILES string of the molecule is CC(C)c1nc(CN(C)C(=O)N[C@H](C(=O)N[C@@H](Cc2ccccc2)C[C@H](O)[C@H](Cc2ccccc2)NCC(=O)OCc2cncs2)C(C)C)cs1. The number of hydrogen-bond acceptors (Lipinski definition) is 10. The number of hydrogen-bond donors (Lipinski definition) is 4. The Labute approximate surface area is 308 Å². The number of ether oxygens (including phenoxy) is 1. The van der Waals surface area contributed by atoms with Crippen LogP contribution in [0.15, 0.2) is 77.8 Å². The monoisotopic (exact) mass is 734 g/mol. The third-order valence-electron chi connectivity index (χ3n) is 8.37. The summed E-state index contributed by atoms with van der Waals surface area (Å²) in [5.74, 6) is -0.687. The molecule has 51 heavy (non-hydrogen) atoms. The van der Waals surface area contributed by atoms with Crippen LogP contribution in [0.5, 0.6) is 0 Å². The number of rotatable bonds is 19. The van der Waals surface area contributed by atoms with Crippen molar-refractivity contribution >= 4 is 40.6 Å². The van der Waals surface area contributed by atoms with E-state index in [1.807, 2.05) is 79.9 Å². The van der Waals surface area contributed by atoms with E-state index < -0.39 is 30.2 Å². The molecule has 11 nitrogen and oxygen atoms in total. The van der Waals surface area contributed by atoms with Gasteiger partial charge in [-0.15, -0.1) is 22.7 Å². The minimum atomic E-state index is -0.944. The predicted octanol–water partition coefficient (Wildman–Crippen LogP) is 5.31. The third-order valence-corrected chi connectivity index (χ3v) is 10.3. The quantitative estimate of drug-likeness (QED) is 0.0949. The van der Waals surface area contributed by atoms with Crippen LogP contribution in [0, 0.1) is 5.92 Å². The molecule has 2 heterocycles. The van der Waals surface area contributed by atoms with Crippen molar-refractivity contribution in [3.05, 3.63) is 104 Å². The first kappa shape index (κ1) is 39.6. The molecule has 4 N–H and O–H groups in total. The standard InChI is InChI=1S/C38H50N6O5S2/c1-25(2)35(43-38(48)44(5)21-30-23-50-37(42-30)26(3)4)36(47)41-29(16-27-12-8-6-9-13-27)18-33(45)32(17-28-14-10-7-11-15-28)40-20-34(46)49-22-31-19-39-24-51-31/h6-15,19,23-26,29,32-33,35,40,45H,16-18,20-22H2,1-5H3,(H,41,47)(H,43,48)/t29-,32-,33-,35-/m0/s1. The summed E-state index contributed by atoms with van der Waals surface area (Å²) in [7, 11) is 1.68. The van der Waals surface area contributed by atoms with Crippen molar-refractivity contribution in [3.63, 3.8) is 0 Å². The highest BCUT2D eigenvalue weighted by Crippen LogP contribution is 2.20. The second kappa shape index (κ2) is 20.0. The van der Waals surface area contributed by atoms with Crippen LogP contribution in [0.3, 0.4) is 0 Å². The van der Waals surface area contributed by atoms with E-state index in [9.17, 15) is 19.5 Å². The van der Waals surface area contributed by atoms with E-state index in [4.69, 9.17) is 4.74 Å². The number of benzene rings is 2. The van der Waals surface area contributed by atoms with Gasteiger partial charge in [0.1, 0.15) is 12.6 Å². The molecular formula is C38H50N6O5S2. The normalized spacial score (nSPS) is 13.7. The van der Waals surface area contributed by atoms with Crippen molar-refractivity contribution < 1.29 is 24.2 Å². The number of carbonyl (C=O) groups excluding carboxylic acids is 3. The van der Waals surface area contributed by atoms with E-state index in [0.29, 0.717) is 25.3 Å². The summed E-state index contributed by atoms with van der Waals surface area (Å²) in [6.07, 6.45) is 1.82. The van der Waals surface area contributed by atoms with Gasteiger partial charge in [0, 0.05) is 36.6 Å². The molecular weight excluding hydrogens is 685 g/mol. The second-order valence-electron chi connectivity index (χ2n) is 13.4. The first-order chi connectivity index (χ1) is 24.5. The number of aliphatic hydroxyl groups is 1. The zero-order chi connectivity index (χ0) is 36.8. The smallest absolute Gasteiger partial charge is 0.320 e. The molecule has 4 atom stereocenters. The molecule has 0 saturated carbocycles. The number of nitrogens with one attached hydrogen (secondary N) is 3. The average Bonchev–Trinajstić information content (AvgIpc) is 3.81. The van der Waals surface area contributed by atoms with E-state index in [2.05, 4.69) is 39.8 Å². The molecule has 2 aromatic heterocycles. The molecule has 4 rings (SSSR count). The van der Waals surface area contributed by atoms with Gasteiger partial charge in [0.25, 0.3) is 0 Å². The summed E-state index contributed by atoms with van der Waals surface area (Å²) < 4.78 is 5.41. The summed E-state index contributed by atoms with van der Waals surface area (Å²) in [6.45, 7) is 8.28. The summed E-state index contributed by atoms with van der Waals surface area (Å²) in [5.41, 5.74) is 4.46. The first-order valence-electron chi connectivity index (χ1n) is 17.3. The van der Waals surface area contributed by atoms with Gasteiger partial charge in [-0.25, -0.2) is 9.78 Å². The summed E-state index contributed by atoms with van der Waals surface area (Å²) >= 11 is 2.98. The highest BCUT2D eigenvalue weighted by molar-refractivity contribution is 7.09. The van der Waals surface area contributed by atoms with Gasteiger partial charge < -0.3 is 30.7 Å². The van der Waals surface area contributed by atoms with E-state index >= 15 is 0 Å². The van der Waals surface area contributed by atoms with Crippen molar-refractivity contribution in [1.29, 1.82) is 0 Å². The number of urea groups is 1. The zero-order valence-electron chi connectivity index (χ0n) is 30.0. The Morgan fingerprint density at radius 3 is 2.18 bits per heavy atom. The number of thiazole rings is 2. The molecule has 0 fully saturated rings. The number of esters is 1. The molecule has 0 aliphatic carbocycles. The van der Waals surface area contributed by atoms with Gasteiger partial charge in [0.2, 0.25) is 5.91 Å². The Morgan fingerprint density at radius 2 is 1.59 bits per heavy atom. The van der Waals surface area contributed by atoms with Crippen molar-refractivity contribution in [2.45, 2.75) is 90.3 Å². The fourth-order valence-corrected chi connectivity index (χ4v) is 6.87. The van der Waals surface area contributed by atoms with Crippen molar-refractivity contribution in [2.75, 3.05) is 13.6 Å². The molecule has 2 aromatic carbocycles. The van der Waals surface area contributed by atoms with Gasteiger partial charge in [-0.2, -0.15) is 0 Å². The summed E-state index contributed by atoms with van der Waals surface area (Å²) in [5, 5.41) is 24.0. The maximum Gasteiger partial charge on any atom is 0.320 e. The van der Waals surface area contributed by atoms with Crippen LogP contribution in [0.4, 0.5) is 4.79 Å². The Bertz CT molecular complexity index is 1630. The van der Waals surface area contributed by atoms with Gasteiger partial charge >= 0.3 is 12.0 Å². The van der Waals surface area contributed by atoms with Crippen molar-refractivity contribution in [1.82, 2.24) is 30.8 Å². The van der Waals surface area contributed by atoms with Crippen molar-refractivity contribution in [3.8, 4) is 0 Å². The van der Waals surface area contributed by atoms with Crippen LogP contribution in [0.2, 0.25) is 0 Å². The van der Waals surface area contributed by atoms with E-state index in [1.54, 1.807) is 30.1 Å². The molecule has 3 amide bonds. The molecule has 4 aromatic rings. The predicted molar refractivity (Wildman–Crippen MR) is 201 cm³/mol.